The molecule has 0 atom stereocenters. The molecule has 21 heavy (non-hydrogen) atoms. The van der Waals surface area contributed by atoms with Crippen molar-refractivity contribution >= 4 is 11.6 Å². The molecule has 0 unspecified atom stereocenters. The third-order valence-corrected chi connectivity index (χ3v) is 2.67. The van der Waals surface area contributed by atoms with Gasteiger partial charge >= 0.3 is 0 Å². The maximum atomic E-state index is 11.3. The van der Waals surface area contributed by atoms with Crippen LogP contribution < -0.4 is 10.5 Å². The lowest BCUT2D eigenvalue weighted by molar-refractivity contribution is -0.385. The van der Waals surface area contributed by atoms with Crippen molar-refractivity contribution in [1.82, 2.24) is 0 Å². The van der Waals surface area contributed by atoms with Crippen molar-refractivity contribution < 1.29 is 14.5 Å². The molecule has 0 bridgehead atoms. The molecule has 7 heteroatoms. The lowest BCUT2D eigenvalue weighted by Gasteiger charge is -2.09. The summed E-state index contributed by atoms with van der Waals surface area (Å²) < 4.78 is 5.47. The van der Waals surface area contributed by atoms with Gasteiger partial charge in [-0.15, -0.1) is 0 Å². The smallest absolute Gasteiger partial charge is 0.287 e. The minimum Gasteiger partial charge on any atom is -0.456 e. The van der Waals surface area contributed by atoms with Crippen LogP contribution in [0.5, 0.6) is 11.5 Å². The van der Waals surface area contributed by atoms with E-state index in [1.54, 1.807) is 18.2 Å². The number of primary amides is 1. The highest BCUT2D eigenvalue weighted by molar-refractivity contribution is 5.95. The molecule has 0 heterocycles. The number of ether oxygens (including phenoxy) is 1. The minimum atomic E-state index is -0.659. The summed E-state index contributed by atoms with van der Waals surface area (Å²) in [4.78, 5) is 21.4. The van der Waals surface area contributed by atoms with Gasteiger partial charge in [0, 0.05) is 12.1 Å². The SMILES string of the molecule is N#Cc1cc(Oc2ccccc2C(N)=O)ccc1[N+](=O)[O-]. The van der Waals surface area contributed by atoms with E-state index in [0.717, 1.165) is 0 Å². The molecule has 0 saturated heterocycles. The number of nitro benzene ring substituents is 1. The standard InChI is InChI=1S/C14H9N3O4/c15-8-9-7-10(5-6-12(9)17(19)20)21-13-4-2-1-3-11(13)14(16)18/h1-7H,(H2,16,18). The number of para-hydroxylation sites is 1. The Balaban J connectivity index is 2.40. The molecule has 104 valence electrons. The Labute approximate surface area is 119 Å². The third kappa shape index (κ3) is 2.96. The van der Waals surface area contributed by atoms with Crippen molar-refractivity contribution in [2.75, 3.05) is 0 Å². The van der Waals surface area contributed by atoms with Crippen molar-refractivity contribution in [2.24, 2.45) is 5.73 Å². The highest BCUT2D eigenvalue weighted by Gasteiger charge is 2.15. The van der Waals surface area contributed by atoms with Gasteiger partial charge in [0.15, 0.2) is 0 Å². The molecule has 0 aliphatic carbocycles. The minimum absolute atomic E-state index is 0.131. The fraction of sp³-hybridized carbons (Fsp3) is 0. The number of rotatable bonds is 4. The lowest BCUT2D eigenvalue weighted by atomic mass is 10.1. The molecular weight excluding hydrogens is 274 g/mol. The van der Waals surface area contributed by atoms with Crippen LogP contribution in [0.15, 0.2) is 42.5 Å². The number of hydrogen-bond donors (Lipinski definition) is 1. The number of carbonyl (C=O) groups is 1. The molecule has 2 aromatic rings. The van der Waals surface area contributed by atoms with Crippen LogP contribution >= 0.6 is 0 Å². The van der Waals surface area contributed by atoms with Gasteiger partial charge in [-0.25, -0.2) is 0 Å². The van der Waals surface area contributed by atoms with E-state index in [9.17, 15) is 14.9 Å². The summed E-state index contributed by atoms with van der Waals surface area (Å²) in [6.07, 6.45) is 0. The van der Waals surface area contributed by atoms with E-state index in [0.29, 0.717) is 0 Å². The number of benzene rings is 2. The van der Waals surface area contributed by atoms with E-state index in [-0.39, 0.29) is 28.3 Å². The van der Waals surface area contributed by atoms with E-state index in [1.807, 2.05) is 0 Å². The number of hydrogen-bond acceptors (Lipinski definition) is 5. The molecule has 2 N–H and O–H groups in total. The molecule has 0 aromatic heterocycles. The zero-order chi connectivity index (χ0) is 15.4. The molecule has 2 aromatic carbocycles. The van der Waals surface area contributed by atoms with Gasteiger partial charge < -0.3 is 10.5 Å². The molecular formula is C14H9N3O4. The number of carbonyl (C=O) groups excluding carboxylic acids is 1. The first-order valence-corrected chi connectivity index (χ1v) is 5.78. The Kier molecular flexibility index (Phi) is 3.81. The Hall–Kier alpha value is -3.40. The van der Waals surface area contributed by atoms with Crippen LogP contribution in [0, 0.1) is 21.4 Å². The van der Waals surface area contributed by atoms with Crippen LogP contribution in [-0.2, 0) is 0 Å². The van der Waals surface area contributed by atoms with E-state index < -0.39 is 10.8 Å². The van der Waals surface area contributed by atoms with Gasteiger partial charge in [-0.1, -0.05) is 12.1 Å². The maximum Gasteiger partial charge on any atom is 0.287 e. The molecule has 0 spiro atoms. The zero-order valence-corrected chi connectivity index (χ0v) is 10.6. The second-order valence-electron chi connectivity index (χ2n) is 4.01. The number of nitriles is 1. The zero-order valence-electron chi connectivity index (χ0n) is 10.6. The molecule has 7 nitrogen and oxygen atoms in total. The maximum absolute atomic E-state index is 11.3. The number of nitrogens with zero attached hydrogens (tertiary/aromatic N) is 2. The van der Waals surface area contributed by atoms with E-state index in [2.05, 4.69) is 0 Å². The van der Waals surface area contributed by atoms with Crippen LogP contribution in [0.4, 0.5) is 5.69 Å². The molecule has 0 saturated carbocycles. The van der Waals surface area contributed by atoms with Gasteiger partial charge in [0.05, 0.1) is 10.5 Å². The molecule has 0 radical (unpaired) electrons. The summed E-state index contributed by atoms with van der Waals surface area (Å²) in [5, 5.41) is 19.7. The molecule has 0 aliphatic heterocycles. The van der Waals surface area contributed by atoms with Gasteiger partial charge in [0.2, 0.25) is 0 Å². The van der Waals surface area contributed by atoms with Crippen molar-refractivity contribution in [3.8, 4) is 17.6 Å². The van der Waals surface area contributed by atoms with Gasteiger partial charge in [0.25, 0.3) is 11.6 Å². The summed E-state index contributed by atoms with van der Waals surface area (Å²) >= 11 is 0. The number of nitrogens with two attached hydrogens (primary N) is 1. The Bertz CT molecular complexity index is 765. The predicted octanol–water partition coefficient (Wildman–Crippen LogP) is 2.36. The van der Waals surface area contributed by atoms with Crippen molar-refractivity contribution in [3.63, 3.8) is 0 Å². The molecule has 0 aliphatic rings. The highest BCUT2D eigenvalue weighted by atomic mass is 16.6. The first-order chi connectivity index (χ1) is 10.0. The second-order valence-corrected chi connectivity index (χ2v) is 4.01. The average molecular weight is 283 g/mol. The quantitative estimate of drug-likeness (QED) is 0.682. The molecule has 0 fully saturated rings. The van der Waals surface area contributed by atoms with Crippen molar-refractivity contribution in [2.45, 2.75) is 0 Å². The topological polar surface area (TPSA) is 119 Å². The monoisotopic (exact) mass is 283 g/mol. The van der Waals surface area contributed by atoms with E-state index in [1.165, 1.54) is 30.3 Å². The predicted molar refractivity (Wildman–Crippen MR) is 72.8 cm³/mol. The van der Waals surface area contributed by atoms with Crippen LogP contribution in [0.3, 0.4) is 0 Å². The lowest BCUT2D eigenvalue weighted by Crippen LogP contribution is -2.12. The second kappa shape index (κ2) is 5.71. The van der Waals surface area contributed by atoms with Crippen LogP contribution in [-0.4, -0.2) is 10.8 Å². The largest absolute Gasteiger partial charge is 0.456 e. The van der Waals surface area contributed by atoms with Gasteiger partial charge in [-0.2, -0.15) is 5.26 Å². The fourth-order valence-electron chi connectivity index (χ4n) is 1.71. The van der Waals surface area contributed by atoms with E-state index in [4.69, 9.17) is 15.7 Å². The van der Waals surface area contributed by atoms with Gasteiger partial charge in [-0.3, -0.25) is 14.9 Å². The van der Waals surface area contributed by atoms with Crippen molar-refractivity contribution in [1.29, 1.82) is 5.26 Å². The average Bonchev–Trinajstić information content (AvgIpc) is 2.47. The number of amides is 1. The summed E-state index contributed by atoms with van der Waals surface area (Å²) in [6, 6.07) is 11.8. The Morgan fingerprint density at radius 1 is 1.29 bits per heavy atom. The molecule has 2 rings (SSSR count). The molecule has 1 amide bonds. The van der Waals surface area contributed by atoms with Crippen LogP contribution in [0.1, 0.15) is 15.9 Å². The summed E-state index contributed by atoms with van der Waals surface area (Å²) in [5.74, 6) is -0.249. The summed E-state index contributed by atoms with van der Waals surface area (Å²) in [6.45, 7) is 0. The Morgan fingerprint density at radius 2 is 2.00 bits per heavy atom. The van der Waals surface area contributed by atoms with Gasteiger partial charge in [-0.05, 0) is 18.2 Å². The van der Waals surface area contributed by atoms with Crippen LogP contribution in [0.2, 0.25) is 0 Å². The van der Waals surface area contributed by atoms with Crippen molar-refractivity contribution in [3.05, 3.63) is 63.7 Å². The first-order valence-electron chi connectivity index (χ1n) is 5.78. The highest BCUT2D eigenvalue weighted by Crippen LogP contribution is 2.29. The van der Waals surface area contributed by atoms with E-state index >= 15 is 0 Å². The number of nitro groups is 1. The Morgan fingerprint density at radius 3 is 2.62 bits per heavy atom. The normalized spacial score (nSPS) is 9.67. The summed E-state index contributed by atoms with van der Waals surface area (Å²) in [5.41, 5.74) is 4.96. The third-order valence-electron chi connectivity index (χ3n) is 2.67. The van der Waals surface area contributed by atoms with Crippen LogP contribution in [0.25, 0.3) is 0 Å². The summed E-state index contributed by atoms with van der Waals surface area (Å²) in [7, 11) is 0. The first kappa shape index (κ1) is 14.0. The van der Waals surface area contributed by atoms with Gasteiger partial charge in [0.1, 0.15) is 23.1 Å². The fourth-order valence-corrected chi connectivity index (χ4v) is 1.71.